The van der Waals surface area contributed by atoms with Crippen LogP contribution >= 0.6 is 0 Å². The Morgan fingerprint density at radius 3 is 3.11 bits per heavy atom. The highest BCUT2D eigenvalue weighted by Gasteiger charge is 2.16. The molecule has 0 aliphatic carbocycles. The number of ether oxygens (including phenoxy) is 1. The summed E-state index contributed by atoms with van der Waals surface area (Å²) in [6.07, 6.45) is 3.17. The van der Waals surface area contributed by atoms with Crippen LogP contribution < -0.4 is 0 Å². The molecule has 1 atom stereocenters. The van der Waals surface area contributed by atoms with Crippen molar-refractivity contribution >= 4 is 5.97 Å². The molecule has 52 valence electrons. The molecule has 1 unspecified atom stereocenters. The van der Waals surface area contributed by atoms with Gasteiger partial charge in [-0.1, -0.05) is 6.92 Å². The largest absolute Gasteiger partial charge is 0.465 e. The molecule has 1 rings (SSSR count). The van der Waals surface area contributed by atoms with Crippen LogP contribution in [0.15, 0.2) is 0 Å². The Morgan fingerprint density at radius 2 is 2.33 bits per heavy atom. The minimum absolute atomic E-state index is 0.0208. The summed E-state index contributed by atoms with van der Waals surface area (Å²) >= 11 is 0. The van der Waals surface area contributed by atoms with Crippen molar-refractivity contribution in [1.82, 2.24) is 0 Å². The molecule has 2 heteroatoms. The first kappa shape index (κ1) is 6.59. The Labute approximate surface area is 55.2 Å². The van der Waals surface area contributed by atoms with Crippen molar-refractivity contribution in [1.29, 1.82) is 0 Å². The van der Waals surface area contributed by atoms with Crippen LogP contribution in [-0.4, -0.2) is 12.6 Å². The first-order chi connectivity index (χ1) is 4.30. The third-order valence-corrected chi connectivity index (χ3v) is 1.68. The third kappa shape index (κ3) is 1.70. The molecular weight excluding hydrogens is 116 g/mol. The zero-order valence-corrected chi connectivity index (χ0v) is 5.72. The van der Waals surface area contributed by atoms with Crippen molar-refractivity contribution in [2.24, 2.45) is 5.92 Å². The van der Waals surface area contributed by atoms with E-state index < -0.39 is 0 Å². The lowest BCUT2D eigenvalue weighted by molar-refractivity contribution is -0.146. The second kappa shape index (κ2) is 2.85. The molecule has 0 radical (unpaired) electrons. The van der Waals surface area contributed by atoms with Gasteiger partial charge in [0.1, 0.15) is 0 Å². The van der Waals surface area contributed by atoms with Gasteiger partial charge in [-0.3, -0.25) is 4.79 Å². The fourth-order valence-corrected chi connectivity index (χ4v) is 0.985. The average molecular weight is 128 g/mol. The highest BCUT2D eigenvalue weighted by molar-refractivity contribution is 5.72. The maximum atomic E-state index is 10.8. The van der Waals surface area contributed by atoms with Crippen LogP contribution in [0.25, 0.3) is 0 Å². The first-order valence-electron chi connectivity index (χ1n) is 3.47. The van der Waals surface area contributed by atoms with Crippen molar-refractivity contribution in [2.45, 2.75) is 26.2 Å². The van der Waals surface area contributed by atoms with Gasteiger partial charge < -0.3 is 4.74 Å². The predicted molar refractivity (Wildman–Crippen MR) is 34.0 cm³/mol. The Kier molecular flexibility index (Phi) is 2.09. The molecule has 0 aromatic carbocycles. The molecule has 0 amide bonds. The molecule has 0 aromatic rings. The summed E-state index contributed by atoms with van der Waals surface area (Å²) < 4.78 is 4.88. The van der Waals surface area contributed by atoms with E-state index in [0.29, 0.717) is 6.61 Å². The zero-order valence-electron chi connectivity index (χ0n) is 5.72. The second-order valence-electron chi connectivity index (χ2n) is 2.56. The minimum atomic E-state index is -0.0208. The van der Waals surface area contributed by atoms with Gasteiger partial charge in [0.25, 0.3) is 0 Å². The van der Waals surface area contributed by atoms with Gasteiger partial charge in [0.15, 0.2) is 0 Å². The number of hydrogen-bond donors (Lipinski definition) is 0. The molecule has 1 saturated heterocycles. The molecule has 9 heavy (non-hydrogen) atoms. The Balaban J connectivity index is 2.41. The highest BCUT2D eigenvalue weighted by Crippen LogP contribution is 2.13. The normalized spacial score (nSPS) is 29.0. The van der Waals surface area contributed by atoms with Gasteiger partial charge in [-0.25, -0.2) is 0 Å². The van der Waals surface area contributed by atoms with Gasteiger partial charge >= 0.3 is 5.97 Å². The molecule has 0 saturated carbocycles. The topological polar surface area (TPSA) is 26.3 Å². The Hall–Kier alpha value is -0.530. The lowest BCUT2D eigenvalue weighted by atomic mass is 10.1. The smallest absolute Gasteiger partial charge is 0.308 e. The maximum absolute atomic E-state index is 10.8. The lowest BCUT2D eigenvalue weighted by Crippen LogP contribution is -2.11. The number of rotatable bonds is 0. The van der Waals surface area contributed by atoms with Crippen LogP contribution in [0.5, 0.6) is 0 Å². The fourth-order valence-electron chi connectivity index (χ4n) is 0.985. The molecule has 1 fully saturated rings. The summed E-state index contributed by atoms with van der Waals surface area (Å²) in [7, 11) is 0. The predicted octanol–water partition coefficient (Wildman–Crippen LogP) is 1.35. The third-order valence-electron chi connectivity index (χ3n) is 1.68. The number of carbonyl (C=O) groups excluding carboxylic acids is 1. The van der Waals surface area contributed by atoms with Crippen LogP contribution in [0.4, 0.5) is 0 Å². The van der Waals surface area contributed by atoms with Gasteiger partial charge in [0.05, 0.1) is 12.5 Å². The van der Waals surface area contributed by atoms with E-state index in [1.54, 1.807) is 0 Å². The van der Waals surface area contributed by atoms with Gasteiger partial charge in [0.2, 0.25) is 0 Å². The van der Waals surface area contributed by atoms with Gasteiger partial charge in [-0.15, -0.1) is 0 Å². The van der Waals surface area contributed by atoms with Crippen LogP contribution in [0.1, 0.15) is 26.2 Å². The quantitative estimate of drug-likeness (QED) is 0.460. The molecule has 0 aromatic heterocycles. The van der Waals surface area contributed by atoms with E-state index in [9.17, 15) is 4.79 Å². The van der Waals surface area contributed by atoms with Crippen molar-refractivity contribution in [3.8, 4) is 0 Å². The van der Waals surface area contributed by atoms with Crippen LogP contribution in [0.2, 0.25) is 0 Å². The standard InChI is InChI=1S/C7H12O2/c1-6-4-2-3-5-9-7(6)8/h6H,2-5H2,1H3. The van der Waals surface area contributed by atoms with Crippen molar-refractivity contribution in [3.05, 3.63) is 0 Å². The van der Waals surface area contributed by atoms with E-state index in [2.05, 4.69) is 0 Å². The summed E-state index contributed by atoms with van der Waals surface area (Å²) in [6, 6.07) is 0. The van der Waals surface area contributed by atoms with E-state index in [-0.39, 0.29) is 11.9 Å². The van der Waals surface area contributed by atoms with Crippen molar-refractivity contribution in [2.75, 3.05) is 6.61 Å². The SMILES string of the molecule is CC1CCCCOC1=O. The minimum Gasteiger partial charge on any atom is -0.465 e. The van der Waals surface area contributed by atoms with E-state index in [1.165, 1.54) is 0 Å². The Morgan fingerprint density at radius 1 is 1.56 bits per heavy atom. The summed E-state index contributed by atoms with van der Waals surface area (Å²) in [4.78, 5) is 10.8. The molecule has 1 heterocycles. The van der Waals surface area contributed by atoms with Crippen LogP contribution in [0.3, 0.4) is 0 Å². The molecule has 1 aliphatic heterocycles. The summed E-state index contributed by atoms with van der Waals surface area (Å²) in [5, 5.41) is 0. The van der Waals surface area contributed by atoms with E-state index in [1.807, 2.05) is 6.92 Å². The van der Waals surface area contributed by atoms with E-state index >= 15 is 0 Å². The Bertz CT molecular complexity index is 109. The lowest BCUT2D eigenvalue weighted by Gasteiger charge is -2.02. The highest BCUT2D eigenvalue weighted by atomic mass is 16.5. The zero-order chi connectivity index (χ0) is 6.69. The van der Waals surface area contributed by atoms with Crippen LogP contribution in [-0.2, 0) is 9.53 Å². The average Bonchev–Trinajstić information content (AvgIpc) is 1.99. The molecule has 0 spiro atoms. The molecule has 1 aliphatic rings. The molecule has 0 N–H and O–H groups in total. The van der Waals surface area contributed by atoms with Crippen molar-refractivity contribution < 1.29 is 9.53 Å². The van der Waals surface area contributed by atoms with E-state index in [4.69, 9.17) is 4.74 Å². The first-order valence-corrected chi connectivity index (χ1v) is 3.47. The number of carbonyl (C=O) groups is 1. The maximum Gasteiger partial charge on any atom is 0.308 e. The van der Waals surface area contributed by atoms with Crippen LogP contribution in [0, 0.1) is 5.92 Å². The van der Waals surface area contributed by atoms with Gasteiger partial charge in [0, 0.05) is 0 Å². The number of esters is 1. The fraction of sp³-hybridized carbons (Fsp3) is 0.857. The summed E-state index contributed by atoms with van der Waals surface area (Å²) in [6.45, 7) is 2.55. The van der Waals surface area contributed by atoms with Crippen molar-refractivity contribution in [3.63, 3.8) is 0 Å². The number of cyclic esters (lactones) is 1. The summed E-state index contributed by atoms with van der Waals surface area (Å²) in [5.41, 5.74) is 0. The summed E-state index contributed by atoms with van der Waals surface area (Å²) in [5.74, 6) is 0.111. The monoisotopic (exact) mass is 128 g/mol. The molecule has 0 bridgehead atoms. The second-order valence-corrected chi connectivity index (χ2v) is 2.56. The van der Waals surface area contributed by atoms with Gasteiger partial charge in [-0.2, -0.15) is 0 Å². The van der Waals surface area contributed by atoms with E-state index in [0.717, 1.165) is 19.3 Å². The molecular formula is C7H12O2. The molecule has 2 nitrogen and oxygen atoms in total. The van der Waals surface area contributed by atoms with Gasteiger partial charge in [-0.05, 0) is 19.3 Å². The number of hydrogen-bond acceptors (Lipinski definition) is 2.